The Balaban J connectivity index is 1.18. The highest BCUT2D eigenvalue weighted by molar-refractivity contribution is 5.88. The van der Waals surface area contributed by atoms with Gasteiger partial charge in [0.2, 0.25) is 0 Å². The number of aromatic nitrogens is 6. The Kier molecular flexibility index (Phi) is 7.19. The molecule has 0 aliphatic carbocycles. The van der Waals surface area contributed by atoms with Crippen molar-refractivity contribution in [1.82, 2.24) is 34.4 Å². The summed E-state index contributed by atoms with van der Waals surface area (Å²) in [5.74, 6) is 2.84. The lowest BCUT2D eigenvalue weighted by molar-refractivity contribution is 0.0263. The van der Waals surface area contributed by atoms with Gasteiger partial charge in [0.25, 0.3) is 0 Å². The minimum absolute atomic E-state index is 0.279. The van der Waals surface area contributed by atoms with Crippen molar-refractivity contribution in [2.45, 2.75) is 39.7 Å². The molecule has 1 fully saturated rings. The Morgan fingerprint density at radius 1 is 0.952 bits per heavy atom. The zero-order chi connectivity index (χ0) is 29.3. The molecule has 42 heavy (non-hydrogen) atoms. The predicted molar refractivity (Wildman–Crippen MR) is 159 cm³/mol. The van der Waals surface area contributed by atoms with Crippen LogP contribution in [0.2, 0.25) is 0 Å². The van der Waals surface area contributed by atoms with Gasteiger partial charge in [-0.1, -0.05) is 0 Å². The van der Waals surface area contributed by atoms with E-state index in [1.165, 1.54) is 12.7 Å². The summed E-state index contributed by atoms with van der Waals surface area (Å²) in [5.41, 5.74) is 3.40. The highest BCUT2D eigenvalue weighted by Crippen LogP contribution is 2.30. The molecule has 1 aromatic carbocycles. The van der Waals surface area contributed by atoms with Crippen LogP contribution in [0.15, 0.2) is 61.3 Å². The maximum Gasteiger partial charge on any atom is 0.410 e. The molecule has 6 rings (SSSR count). The van der Waals surface area contributed by atoms with E-state index in [0.717, 1.165) is 41.3 Å². The van der Waals surface area contributed by atoms with Gasteiger partial charge in [-0.3, -0.25) is 0 Å². The van der Waals surface area contributed by atoms with Gasteiger partial charge in [0.15, 0.2) is 11.5 Å². The second-order valence-corrected chi connectivity index (χ2v) is 11.2. The molecule has 216 valence electrons. The lowest BCUT2D eigenvalue weighted by atomic mass is 10.2. The topological polar surface area (TPSA) is 123 Å². The number of pyridine rings is 2. The Bertz CT molecular complexity index is 1750. The van der Waals surface area contributed by atoms with E-state index in [0.29, 0.717) is 42.4 Å². The molecule has 1 aliphatic heterocycles. The number of ether oxygens (including phenoxy) is 2. The molecule has 1 aliphatic rings. The molecule has 5 aromatic rings. The molecule has 4 aromatic heterocycles. The van der Waals surface area contributed by atoms with E-state index in [-0.39, 0.29) is 6.09 Å². The first-order chi connectivity index (χ1) is 20.2. The molecule has 12 nitrogen and oxygen atoms in total. The zero-order valence-electron chi connectivity index (χ0n) is 24.1. The standard InChI is InChI=1S/C30H33N9O3/c1-20-16-21(6-8-24(20)41-22-10-13-39-26(17-22)32-19-34-39)35-28-27-23(31-18-33-28)7-9-25(36-27)37-11-5-12-38(15-14-37)29(40)42-30(2,3)4/h6-10,13,16-19H,5,11-12,14-15H2,1-4H3,(H,31,33,35). The third kappa shape index (κ3) is 6.02. The van der Waals surface area contributed by atoms with Crippen molar-refractivity contribution >= 4 is 40.1 Å². The van der Waals surface area contributed by atoms with Crippen molar-refractivity contribution < 1.29 is 14.3 Å². The number of amides is 1. The highest BCUT2D eigenvalue weighted by atomic mass is 16.6. The molecule has 5 heterocycles. The van der Waals surface area contributed by atoms with Crippen molar-refractivity contribution in [3.05, 3.63) is 66.9 Å². The first-order valence-electron chi connectivity index (χ1n) is 13.9. The third-order valence-electron chi connectivity index (χ3n) is 6.86. The minimum Gasteiger partial charge on any atom is -0.457 e. The molecule has 0 saturated carbocycles. The molecule has 1 N–H and O–H groups in total. The van der Waals surface area contributed by atoms with E-state index < -0.39 is 5.60 Å². The van der Waals surface area contributed by atoms with Gasteiger partial charge in [0.1, 0.15) is 41.1 Å². The first kappa shape index (κ1) is 27.2. The van der Waals surface area contributed by atoms with E-state index in [1.807, 2.05) is 76.4 Å². The van der Waals surface area contributed by atoms with E-state index >= 15 is 0 Å². The smallest absolute Gasteiger partial charge is 0.410 e. The third-order valence-corrected chi connectivity index (χ3v) is 6.86. The molecular weight excluding hydrogens is 534 g/mol. The van der Waals surface area contributed by atoms with Gasteiger partial charge in [-0.15, -0.1) is 0 Å². The molecular formula is C30H33N9O3. The monoisotopic (exact) mass is 567 g/mol. The zero-order valence-corrected chi connectivity index (χ0v) is 24.1. The van der Waals surface area contributed by atoms with Crippen LogP contribution in [0.5, 0.6) is 11.5 Å². The normalized spacial score (nSPS) is 14.2. The maximum absolute atomic E-state index is 12.6. The van der Waals surface area contributed by atoms with E-state index in [9.17, 15) is 4.79 Å². The number of hydrogen-bond donors (Lipinski definition) is 1. The maximum atomic E-state index is 12.6. The Hall–Kier alpha value is -5.00. The second-order valence-electron chi connectivity index (χ2n) is 11.2. The van der Waals surface area contributed by atoms with Gasteiger partial charge in [0.05, 0.1) is 5.52 Å². The average molecular weight is 568 g/mol. The van der Waals surface area contributed by atoms with E-state index in [1.54, 1.807) is 9.42 Å². The SMILES string of the molecule is Cc1cc(Nc2ncnc3ccc(N4CCCN(C(=O)OC(C)(C)C)CC4)nc23)ccc1Oc1ccn2ncnc2c1. The highest BCUT2D eigenvalue weighted by Gasteiger charge is 2.25. The average Bonchev–Trinajstić information content (AvgIpc) is 3.28. The number of aryl methyl sites for hydroxylation is 1. The number of benzene rings is 1. The lowest BCUT2D eigenvalue weighted by Crippen LogP contribution is -2.39. The van der Waals surface area contributed by atoms with Crippen LogP contribution in [0.3, 0.4) is 0 Å². The van der Waals surface area contributed by atoms with Crippen LogP contribution in [-0.2, 0) is 4.74 Å². The second kappa shape index (κ2) is 11.1. The van der Waals surface area contributed by atoms with Crippen molar-refractivity contribution in [3.63, 3.8) is 0 Å². The van der Waals surface area contributed by atoms with Crippen LogP contribution in [0.1, 0.15) is 32.8 Å². The Morgan fingerprint density at radius 3 is 2.67 bits per heavy atom. The Labute approximate surface area is 243 Å². The van der Waals surface area contributed by atoms with Gasteiger partial charge >= 0.3 is 6.09 Å². The summed E-state index contributed by atoms with van der Waals surface area (Å²) in [6, 6.07) is 13.5. The molecule has 0 bridgehead atoms. The fourth-order valence-corrected chi connectivity index (χ4v) is 4.82. The van der Waals surface area contributed by atoms with E-state index in [4.69, 9.17) is 14.5 Å². The van der Waals surface area contributed by atoms with Crippen LogP contribution < -0.4 is 15.0 Å². The summed E-state index contributed by atoms with van der Waals surface area (Å²) >= 11 is 0. The van der Waals surface area contributed by atoms with Crippen molar-refractivity contribution in [2.75, 3.05) is 36.4 Å². The molecule has 1 saturated heterocycles. The summed E-state index contributed by atoms with van der Waals surface area (Å²) in [4.78, 5) is 34.6. The van der Waals surface area contributed by atoms with Crippen molar-refractivity contribution in [1.29, 1.82) is 0 Å². The number of carbonyl (C=O) groups is 1. The lowest BCUT2D eigenvalue weighted by Gasteiger charge is -2.26. The van der Waals surface area contributed by atoms with Crippen molar-refractivity contribution in [2.24, 2.45) is 0 Å². The summed E-state index contributed by atoms with van der Waals surface area (Å²) in [6.45, 7) is 10.3. The summed E-state index contributed by atoms with van der Waals surface area (Å²) in [6.07, 6.45) is 5.39. The van der Waals surface area contributed by atoms with E-state index in [2.05, 4.69) is 30.3 Å². The number of hydrogen-bond acceptors (Lipinski definition) is 10. The van der Waals surface area contributed by atoms with Crippen LogP contribution in [0.25, 0.3) is 16.7 Å². The molecule has 0 radical (unpaired) electrons. The van der Waals surface area contributed by atoms with Gasteiger partial charge in [-0.2, -0.15) is 5.10 Å². The van der Waals surface area contributed by atoms with Crippen LogP contribution in [-0.4, -0.2) is 72.3 Å². The fourth-order valence-electron chi connectivity index (χ4n) is 4.82. The number of carbonyl (C=O) groups excluding carboxylic acids is 1. The van der Waals surface area contributed by atoms with Crippen LogP contribution in [0.4, 0.5) is 22.1 Å². The molecule has 0 unspecified atom stereocenters. The molecule has 1 amide bonds. The van der Waals surface area contributed by atoms with Crippen LogP contribution in [0, 0.1) is 6.92 Å². The molecule has 0 atom stereocenters. The largest absolute Gasteiger partial charge is 0.457 e. The number of nitrogens with one attached hydrogen (secondary N) is 1. The van der Waals surface area contributed by atoms with Crippen molar-refractivity contribution in [3.8, 4) is 11.5 Å². The quantitative estimate of drug-likeness (QED) is 0.297. The fraction of sp³-hybridized carbons (Fsp3) is 0.333. The minimum atomic E-state index is -0.522. The van der Waals surface area contributed by atoms with Gasteiger partial charge in [-0.25, -0.2) is 29.2 Å². The summed E-state index contributed by atoms with van der Waals surface area (Å²) < 4.78 is 13.4. The predicted octanol–water partition coefficient (Wildman–Crippen LogP) is 5.36. The number of anilines is 3. The summed E-state index contributed by atoms with van der Waals surface area (Å²) in [5, 5.41) is 7.53. The number of fused-ring (bicyclic) bond motifs is 2. The summed E-state index contributed by atoms with van der Waals surface area (Å²) in [7, 11) is 0. The first-order valence-corrected chi connectivity index (χ1v) is 13.9. The molecule has 12 heteroatoms. The van der Waals surface area contributed by atoms with Crippen LogP contribution >= 0.6 is 0 Å². The van der Waals surface area contributed by atoms with Gasteiger partial charge < -0.3 is 24.6 Å². The van der Waals surface area contributed by atoms with Gasteiger partial charge in [0, 0.05) is 44.1 Å². The Morgan fingerprint density at radius 2 is 1.83 bits per heavy atom. The van der Waals surface area contributed by atoms with Gasteiger partial charge in [-0.05, 0) is 76.1 Å². The number of nitrogens with zero attached hydrogens (tertiary/aromatic N) is 8. The number of rotatable bonds is 5. The molecule has 0 spiro atoms.